The van der Waals surface area contributed by atoms with E-state index in [4.69, 9.17) is 44.1 Å². The average Bonchev–Trinajstić information content (AvgIpc) is 1.63. The topological polar surface area (TPSA) is 464 Å². The summed E-state index contributed by atoms with van der Waals surface area (Å²) in [4.78, 5) is 157. The molecule has 10 aromatic rings. The number of hydrogen-bond acceptors (Lipinski definition) is 32. The fourth-order valence-electron chi connectivity index (χ4n) is 21.4. The molecule has 6 aromatic heterocycles. The zero-order valence-corrected chi connectivity index (χ0v) is 89.3. The Kier molecular flexibility index (Phi) is 32.7. The van der Waals surface area contributed by atoms with Crippen molar-refractivity contribution in [3.05, 3.63) is 143 Å². The van der Waals surface area contributed by atoms with E-state index in [-0.39, 0.29) is 53.8 Å². The SMILES string of the molecule is COc1cc(C(=O)NCC#N)ccc1Nc1ncc2c(n1)N(C1CCCC1)CC(C)(C)C(=O)N2C.COc1cc(C(=O)NCC2CCCC2)ccc1Nc1ncc2c(n1)N(C1CCCC1)CC(C)(C)C(=O)N2C.COc1cc(C(=O)Nc2cc(C)[nH]n2)ccc1Nc1ncc2c(n1)N(C1CCCC1)CC(C)(C)C(=O)N2C.COc1cc(C(=O)Nc2cc(C)ns2)ccc1Nc1ncc2c(n1)N(C1CCCC1)CC(C)(C)C(=O)N2C. The normalized spacial score (nSPS) is 17.9. The van der Waals surface area contributed by atoms with E-state index in [2.05, 4.69) is 96.6 Å². The van der Waals surface area contributed by atoms with Crippen molar-refractivity contribution in [3.8, 4) is 29.1 Å². The molecule has 0 atom stereocenters. The highest BCUT2D eigenvalue weighted by atomic mass is 32.1. The first-order valence-electron chi connectivity index (χ1n) is 51.3. The summed E-state index contributed by atoms with van der Waals surface area (Å²) >= 11 is 1.24. The number of nitrogens with one attached hydrogen (secondary N) is 9. The molecule has 40 nitrogen and oxygen atoms in total. The lowest BCUT2D eigenvalue weighted by atomic mass is 9.91. The Morgan fingerprint density at radius 1 is 0.403 bits per heavy atom. The van der Waals surface area contributed by atoms with Crippen LogP contribution in [0.15, 0.2) is 110 Å². The van der Waals surface area contributed by atoms with Crippen LogP contribution in [0.5, 0.6) is 23.0 Å². The van der Waals surface area contributed by atoms with Gasteiger partial charge in [0.05, 0.1) is 109 Å². The Morgan fingerprint density at radius 2 is 0.691 bits per heavy atom. The second-order valence-corrected chi connectivity index (χ2v) is 43.2. The van der Waals surface area contributed by atoms with Crippen LogP contribution in [-0.2, 0) is 19.2 Å². The summed E-state index contributed by atoms with van der Waals surface area (Å²) < 4.78 is 26.5. The van der Waals surface area contributed by atoms with Gasteiger partial charge in [0, 0.05) is 119 Å². The smallest absolute Gasteiger partial charge is 0.257 e. The number of ether oxygens (including phenoxy) is 4. The molecule has 4 aromatic carbocycles. The molecule has 9 N–H and O–H groups in total. The molecule has 5 saturated carbocycles. The summed E-state index contributed by atoms with van der Waals surface area (Å²) in [5, 5.41) is 40.4. The van der Waals surface area contributed by atoms with Gasteiger partial charge in [0.2, 0.25) is 47.4 Å². The molecule has 0 saturated heterocycles. The van der Waals surface area contributed by atoms with Crippen LogP contribution in [0.1, 0.15) is 237 Å². The summed E-state index contributed by atoms with van der Waals surface area (Å²) in [5.74, 6) is 6.74. The number of aryl methyl sites for hydroxylation is 2. The largest absolute Gasteiger partial charge is 0.495 e. The number of hydrogen-bond donors (Lipinski definition) is 9. The summed E-state index contributed by atoms with van der Waals surface area (Å²) in [5.41, 5.74) is 6.63. The van der Waals surface area contributed by atoms with Crippen molar-refractivity contribution in [2.24, 2.45) is 27.6 Å². The van der Waals surface area contributed by atoms with Gasteiger partial charge in [0.15, 0.2) is 29.1 Å². The molecule has 5 aliphatic carbocycles. The monoisotopic (exact) mass is 2050 g/mol. The summed E-state index contributed by atoms with van der Waals surface area (Å²) in [7, 11) is 13.3. The van der Waals surface area contributed by atoms with Crippen molar-refractivity contribution < 1.29 is 57.3 Å². The van der Waals surface area contributed by atoms with Crippen LogP contribution in [0.3, 0.4) is 0 Å². The minimum Gasteiger partial charge on any atom is -0.495 e. The third kappa shape index (κ3) is 24.2. The fourth-order valence-corrected chi connectivity index (χ4v) is 22.0. The number of nitrogens with zero attached hydrogens (tertiary/aromatic N) is 19. The van der Waals surface area contributed by atoms with Crippen LogP contribution >= 0.6 is 11.5 Å². The van der Waals surface area contributed by atoms with E-state index in [1.807, 2.05) is 87.4 Å². The lowest BCUT2D eigenvalue weighted by Gasteiger charge is -2.34. The number of anilines is 18. The van der Waals surface area contributed by atoms with Gasteiger partial charge in [-0.3, -0.25) is 43.5 Å². The highest BCUT2D eigenvalue weighted by molar-refractivity contribution is 7.10. The average molecular weight is 2050 g/mol. The number of aromatic amines is 1. The zero-order chi connectivity index (χ0) is 106. The molecular formula is C108H138N28O12S. The highest BCUT2D eigenvalue weighted by Crippen LogP contribution is 2.48. The quantitative estimate of drug-likeness (QED) is 0.0240. The summed E-state index contributed by atoms with van der Waals surface area (Å²) in [6.07, 6.45) is 29.8. The number of methoxy groups -OCH3 is 4. The molecule has 10 heterocycles. The number of carbonyl (C=O) groups excluding carboxylic acids is 8. The molecule has 0 bridgehead atoms. The molecule has 0 spiro atoms. The van der Waals surface area contributed by atoms with Gasteiger partial charge in [0.1, 0.15) is 57.3 Å². The van der Waals surface area contributed by atoms with Crippen molar-refractivity contribution in [3.63, 3.8) is 0 Å². The second kappa shape index (κ2) is 45.7. The van der Waals surface area contributed by atoms with E-state index < -0.39 is 21.7 Å². The molecule has 4 aliphatic heterocycles. The van der Waals surface area contributed by atoms with Crippen LogP contribution in [0.2, 0.25) is 0 Å². The molecular weight excluding hydrogens is 1910 g/mol. The maximum Gasteiger partial charge on any atom is 0.257 e. The first-order valence-corrected chi connectivity index (χ1v) is 52.1. The third-order valence-corrected chi connectivity index (χ3v) is 30.2. The van der Waals surface area contributed by atoms with E-state index in [0.29, 0.717) is 176 Å². The number of amides is 8. The Bertz CT molecular complexity index is 6440. The first-order chi connectivity index (χ1) is 71.3. The van der Waals surface area contributed by atoms with Gasteiger partial charge in [-0.1, -0.05) is 64.2 Å². The molecule has 5 fully saturated rings. The number of carbonyl (C=O) groups is 8. The maximum absolute atomic E-state index is 13.2. The molecule has 149 heavy (non-hydrogen) atoms. The number of benzene rings is 4. The molecule has 19 rings (SSSR count). The predicted molar refractivity (Wildman–Crippen MR) is 579 cm³/mol. The molecule has 9 aliphatic rings. The van der Waals surface area contributed by atoms with Crippen LogP contribution in [-0.4, -0.2) is 222 Å². The Morgan fingerprint density at radius 3 is 0.966 bits per heavy atom. The molecule has 0 unspecified atom stereocenters. The fraction of sp³-hybridized carbons (Fsp3) is 0.491. The van der Waals surface area contributed by atoms with Crippen LogP contribution in [0, 0.1) is 52.8 Å². The van der Waals surface area contributed by atoms with Gasteiger partial charge in [-0.15, -0.1) is 0 Å². The molecule has 41 heteroatoms. The van der Waals surface area contributed by atoms with E-state index in [1.54, 1.807) is 167 Å². The number of rotatable bonds is 25. The molecule has 8 amide bonds. The number of nitriles is 1. The number of aromatic nitrogens is 11. The van der Waals surface area contributed by atoms with Crippen molar-refractivity contribution in [2.75, 3.05) is 167 Å². The standard InChI is InChI=1S/C29H40N6O3.C27H34N8O3.C27H33N7O3S.C25H31N7O3/c1-29(2)18-35(21-11-7-8-12-21)25-23(34(3)27(29)37)17-31-28(33-25)32-22-14-13-20(15-24(22)38-4)26(36)30-16-19-9-5-6-10-19;1-16-12-22(33-32-16)30-24(36)17-10-11-19(21(13-17)38-5)29-26-28-14-20-23(31-26)35(18-8-6-7-9-18)15-27(2,3)25(37)34(20)4;1-16-12-22(38-32-16)30-24(35)17-10-11-19(21(13-17)37-5)29-26-28-14-20-23(31-26)34(18-8-6-7-9-18)15-27(2,3)25(36)33(20)4;1-25(2)15-32(17-7-5-6-8-17)21-19(31(3)23(25)34)14-28-24(30-21)29-18-10-9-16(13-20(18)35-4)22(33)27-12-11-26/h13-15,17,19,21H,5-12,16,18H2,1-4H3,(H,30,36)(H,31,32,33);10-14,18H,6-9,15H2,1-5H3,(H,28,29,31)(H2,30,32,33,36);10-14,18H,6-9,15H2,1-5H3,(H,30,35)(H,28,29,31);9-10,13-14,17H,5-8,12,15H2,1-4H3,(H,27,33)(H,28,29,30). The van der Waals surface area contributed by atoms with Crippen molar-refractivity contribution in [2.45, 2.75) is 222 Å². The zero-order valence-electron chi connectivity index (χ0n) is 88.5. The van der Waals surface area contributed by atoms with Gasteiger partial charge in [-0.2, -0.15) is 34.7 Å². The number of H-pyrrole nitrogens is 1. The lowest BCUT2D eigenvalue weighted by Crippen LogP contribution is -2.45. The third-order valence-electron chi connectivity index (χ3n) is 29.4. The van der Waals surface area contributed by atoms with Crippen LogP contribution < -0.4 is 101 Å². The molecule has 0 radical (unpaired) electrons. The van der Waals surface area contributed by atoms with Crippen LogP contribution in [0.25, 0.3) is 0 Å². The van der Waals surface area contributed by atoms with Gasteiger partial charge in [0.25, 0.3) is 23.6 Å². The van der Waals surface area contributed by atoms with Crippen molar-refractivity contribution >= 4 is 162 Å². The second-order valence-electron chi connectivity index (χ2n) is 42.4. The minimum absolute atomic E-state index is 0.0375. The lowest BCUT2D eigenvalue weighted by molar-refractivity contribution is -0.126. The minimum atomic E-state index is -0.559. The Labute approximate surface area is 873 Å². The van der Waals surface area contributed by atoms with Crippen LogP contribution in [0.4, 0.5) is 103 Å². The Balaban J connectivity index is 0.000000142. The predicted octanol–water partition coefficient (Wildman–Crippen LogP) is 17.4. The summed E-state index contributed by atoms with van der Waals surface area (Å²) in [6.45, 7) is 22.7. The summed E-state index contributed by atoms with van der Waals surface area (Å²) in [6, 6.07) is 27.4. The first kappa shape index (κ1) is 107. The van der Waals surface area contributed by atoms with E-state index in [1.165, 1.54) is 95.7 Å². The van der Waals surface area contributed by atoms with Gasteiger partial charge >= 0.3 is 0 Å². The molecule has 788 valence electrons. The highest BCUT2D eigenvalue weighted by Gasteiger charge is 2.47. The maximum atomic E-state index is 13.2. The van der Waals surface area contributed by atoms with Gasteiger partial charge < -0.3 is 101 Å². The van der Waals surface area contributed by atoms with E-state index in [9.17, 15) is 38.4 Å². The van der Waals surface area contributed by atoms with Gasteiger partial charge in [-0.05, 0) is 230 Å². The van der Waals surface area contributed by atoms with Crippen molar-refractivity contribution in [1.29, 1.82) is 5.26 Å². The van der Waals surface area contributed by atoms with E-state index in [0.717, 1.165) is 98.3 Å². The van der Waals surface area contributed by atoms with Crippen molar-refractivity contribution in [1.82, 2.24) is 65.1 Å². The van der Waals surface area contributed by atoms with E-state index >= 15 is 0 Å². The Hall–Kier alpha value is -15.1. The number of fused-ring (bicyclic) bond motifs is 4. The van der Waals surface area contributed by atoms with Gasteiger partial charge in [-0.25, -0.2) is 19.9 Å².